The lowest BCUT2D eigenvalue weighted by Crippen LogP contribution is -2.29. The molecule has 0 amide bonds. The minimum atomic E-state index is -0.760. The molecule has 0 spiro atoms. The summed E-state index contributed by atoms with van der Waals surface area (Å²) < 4.78 is 2.00. The highest BCUT2D eigenvalue weighted by Crippen LogP contribution is 1.93. The average Bonchev–Trinajstić information content (AvgIpc) is 2.63. The van der Waals surface area contributed by atoms with Crippen LogP contribution in [0.4, 0.5) is 0 Å². The van der Waals surface area contributed by atoms with E-state index in [9.17, 15) is 4.79 Å². The molecule has 0 saturated carbocycles. The molecular weight excluding hydrogens is 194 g/mol. The van der Waals surface area contributed by atoms with Gasteiger partial charge < -0.3 is 15.0 Å². The molecule has 1 atom stereocenters. The van der Waals surface area contributed by atoms with Crippen molar-refractivity contribution in [3.05, 3.63) is 18.7 Å². The van der Waals surface area contributed by atoms with Gasteiger partial charge in [-0.2, -0.15) is 0 Å². The lowest BCUT2D eigenvalue weighted by atomic mass is 10.2. The first-order valence-corrected chi connectivity index (χ1v) is 5.09. The third kappa shape index (κ3) is 5.17. The molecule has 0 saturated heterocycles. The van der Waals surface area contributed by atoms with Crippen LogP contribution >= 0.6 is 0 Å². The molecule has 2 N–H and O–H groups in total. The van der Waals surface area contributed by atoms with E-state index in [1.807, 2.05) is 17.7 Å². The monoisotopic (exact) mass is 211 g/mol. The maximum atomic E-state index is 10.4. The average molecular weight is 211 g/mol. The normalized spacial score (nSPS) is 12.6. The zero-order valence-electron chi connectivity index (χ0n) is 8.89. The van der Waals surface area contributed by atoms with Crippen LogP contribution in [0.2, 0.25) is 0 Å². The number of carboxylic acids is 1. The zero-order valence-corrected chi connectivity index (χ0v) is 8.89. The van der Waals surface area contributed by atoms with E-state index in [0.717, 1.165) is 19.5 Å². The van der Waals surface area contributed by atoms with Gasteiger partial charge in [0, 0.05) is 25.0 Å². The van der Waals surface area contributed by atoms with Gasteiger partial charge in [0.05, 0.1) is 12.7 Å². The van der Waals surface area contributed by atoms with E-state index in [2.05, 4.69) is 10.3 Å². The summed E-state index contributed by atoms with van der Waals surface area (Å²) in [4.78, 5) is 14.3. The van der Waals surface area contributed by atoms with Crippen LogP contribution in [-0.4, -0.2) is 33.2 Å². The molecule has 0 aliphatic carbocycles. The molecule has 0 radical (unpaired) electrons. The minimum absolute atomic E-state index is 0.0327. The highest BCUT2D eigenvalue weighted by Gasteiger charge is 2.05. The number of hydrogen-bond donors (Lipinski definition) is 2. The molecule has 0 aliphatic heterocycles. The molecule has 15 heavy (non-hydrogen) atoms. The molecule has 0 fully saturated rings. The van der Waals surface area contributed by atoms with Gasteiger partial charge in [0.15, 0.2) is 0 Å². The fraction of sp³-hybridized carbons (Fsp3) is 0.600. The van der Waals surface area contributed by atoms with Crippen LogP contribution in [0.15, 0.2) is 18.7 Å². The van der Waals surface area contributed by atoms with E-state index in [4.69, 9.17) is 5.11 Å². The molecule has 84 valence electrons. The largest absolute Gasteiger partial charge is 0.481 e. The van der Waals surface area contributed by atoms with Crippen LogP contribution in [0.3, 0.4) is 0 Å². The number of carboxylic acid groups (broad SMARTS) is 1. The van der Waals surface area contributed by atoms with Crippen molar-refractivity contribution in [3.63, 3.8) is 0 Å². The van der Waals surface area contributed by atoms with Crippen LogP contribution in [-0.2, 0) is 11.3 Å². The quantitative estimate of drug-likeness (QED) is 0.652. The van der Waals surface area contributed by atoms with E-state index in [-0.39, 0.29) is 12.5 Å². The van der Waals surface area contributed by atoms with Crippen molar-refractivity contribution in [2.75, 3.05) is 6.54 Å². The van der Waals surface area contributed by atoms with E-state index >= 15 is 0 Å². The summed E-state index contributed by atoms with van der Waals surface area (Å²) in [6.07, 6.45) is 6.59. The van der Waals surface area contributed by atoms with E-state index in [1.54, 1.807) is 12.5 Å². The Morgan fingerprint density at radius 3 is 3.07 bits per heavy atom. The molecule has 0 bridgehead atoms. The Balaban J connectivity index is 2.04. The number of aryl methyl sites for hydroxylation is 1. The van der Waals surface area contributed by atoms with Gasteiger partial charge in [0.1, 0.15) is 0 Å². The van der Waals surface area contributed by atoms with Crippen LogP contribution < -0.4 is 5.32 Å². The number of nitrogens with zero attached hydrogens (tertiary/aromatic N) is 2. The number of aliphatic carboxylic acids is 1. The number of nitrogens with one attached hydrogen (secondary N) is 1. The van der Waals surface area contributed by atoms with Gasteiger partial charge in [0.2, 0.25) is 0 Å². The number of carbonyl (C=O) groups is 1. The summed E-state index contributed by atoms with van der Waals surface area (Å²) in [6, 6.07) is 0.0327. The predicted octanol–water partition coefficient (Wildman–Crippen LogP) is 0.726. The van der Waals surface area contributed by atoms with Gasteiger partial charge in [-0.25, -0.2) is 4.98 Å². The highest BCUT2D eigenvalue weighted by atomic mass is 16.4. The summed E-state index contributed by atoms with van der Waals surface area (Å²) in [5, 5.41) is 11.7. The molecule has 5 heteroatoms. The van der Waals surface area contributed by atoms with Gasteiger partial charge in [0.25, 0.3) is 0 Å². The molecular formula is C10H17N3O2. The van der Waals surface area contributed by atoms with Crippen LogP contribution in [0.5, 0.6) is 0 Å². The molecule has 1 unspecified atom stereocenters. The van der Waals surface area contributed by atoms with E-state index in [0.29, 0.717) is 0 Å². The number of imidazole rings is 1. The first-order chi connectivity index (χ1) is 7.18. The maximum absolute atomic E-state index is 10.4. The SMILES string of the molecule is CC(CC(=O)O)NCCCn1ccnc1. The van der Waals surface area contributed by atoms with Crippen molar-refractivity contribution in [1.82, 2.24) is 14.9 Å². The number of hydrogen-bond acceptors (Lipinski definition) is 3. The number of aromatic nitrogens is 2. The molecule has 1 aromatic rings. The van der Waals surface area contributed by atoms with Crippen LogP contribution in [0.25, 0.3) is 0 Å². The van der Waals surface area contributed by atoms with Gasteiger partial charge in [-0.3, -0.25) is 4.79 Å². The second-order valence-corrected chi connectivity index (χ2v) is 3.61. The molecule has 1 rings (SSSR count). The Labute approximate surface area is 89.1 Å². The molecule has 0 aliphatic rings. The van der Waals surface area contributed by atoms with Gasteiger partial charge in [-0.15, -0.1) is 0 Å². The van der Waals surface area contributed by atoms with Crippen molar-refractivity contribution >= 4 is 5.97 Å². The van der Waals surface area contributed by atoms with Gasteiger partial charge in [-0.1, -0.05) is 0 Å². The summed E-state index contributed by atoms with van der Waals surface area (Å²) >= 11 is 0. The first-order valence-electron chi connectivity index (χ1n) is 5.09. The fourth-order valence-corrected chi connectivity index (χ4v) is 1.36. The summed E-state index contributed by atoms with van der Waals surface area (Å²) in [5.74, 6) is -0.760. The predicted molar refractivity (Wildman–Crippen MR) is 56.6 cm³/mol. The molecule has 1 heterocycles. The smallest absolute Gasteiger partial charge is 0.304 e. The van der Waals surface area contributed by atoms with Gasteiger partial charge in [-0.05, 0) is 19.9 Å². The second kappa shape index (κ2) is 6.19. The summed E-state index contributed by atoms with van der Waals surface area (Å²) in [7, 11) is 0. The molecule has 1 aromatic heterocycles. The van der Waals surface area contributed by atoms with Crippen molar-refractivity contribution in [3.8, 4) is 0 Å². The Kier molecular flexibility index (Phi) is 4.83. The fourth-order valence-electron chi connectivity index (χ4n) is 1.36. The molecule has 0 aromatic carbocycles. The van der Waals surface area contributed by atoms with Crippen molar-refractivity contribution in [1.29, 1.82) is 0 Å². The molecule has 5 nitrogen and oxygen atoms in total. The van der Waals surface area contributed by atoms with Crippen LogP contribution in [0.1, 0.15) is 19.8 Å². The standard InChI is InChI=1S/C10H17N3O2/c1-9(7-10(14)15)12-3-2-5-13-6-4-11-8-13/h4,6,8-9,12H,2-3,5,7H2,1H3,(H,14,15). The lowest BCUT2D eigenvalue weighted by Gasteiger charge is -2.11. The van der Waals surface area contributed by atoms with Crippen molar-refractivity contribution in [2.45, 2.75) is 32.4 Å². The second-order valence-electron chi connectivity index (χ2n) is 3.61. The summed E-state index contributed by atoms with van der Waals surface area (Å²) in [6.45, 7) is 3.62. The topological polar surface area (TPSA) is 67.2 Å². The number of rotatable bonds is 7. The van der Waals surface area contributed by atoms with Crippen molar-refractivity contribution in [2.24, 2.45) is 0 Å². The minimum Gasteiger partial charge on any atom is -0.481 e. The third-order valence-electron chi connectivity index (χ3n) is 2.13. The Morgan fingerprint density at radius 1 is 1.67 bits per heavy atom. The zero-order chi connectivity index (χ0) is 11.1. The Bertz CT molecular complexity index is 285. The lowest BCUT2D eigenvalue weighted by molar-refractivity contribution is -0.137. The Morgan fingerprint density at radius 2 is 2.47 bits per heavy atom. The van der Waals surface area contributed by atoms with E-state index < -0.39 is 5.97 Å². The van der Waals surface area contributed by atoms with Crippen LogP contribution in [0, 0.1) is 0 Å². The maximum Gasteiger partial charge on any atom is 0.304 e. The van der Waals surface area contributed by atoms with Gasteiger partial charge >= 0.3 is 5.97 Å². The first kappa shape index (κ1) is 11.7. The highest BCUT2D eigenvalue weighted by molar-refractivity contribution is 5.67. The van der Waals surface area contributed by atoms with Crippen molar-refractivity contribution < 1.29 is 9.90 Å². The third-order valence-corrected chi connectivity index (χ3v) is 2.13. The Hall–Kier alpha value is -1.36. The summed E-state index contributed by atoms with van der Waals surface area (Å²) in [5.41, 5.74) is 0. The van der Waals surface area contributed by atoms with E-state index in [1.165, 1.54) is 0 Å².